The van der Waals surface area contributed by atoms with E-state index < -0.39 is 11.9 Å². The fourth-order valence-corrected chi connectivity index (χ4v) is 1.02. The maximum atomic E-state index is 12.3. The van der Waals surface area contributed by atoms with Crippen LogP contribution in [0.15, 0.2) is 35.3 Å². The van der Waals surface area contributed by atoms with Crippen molar-refractivity contribution in [2.75, 3.05) is 7.05 Å². The Hall–Kier alpha value is -1.32. The predicted octanol–water partition coefficient (Wildman–Crippen LogP) is 2.67. The minimum absolute atomic E-state index is 0.0949. The summed E-state index contributed by atoms with van der Waals surface area (Å²) in [7, 11) is 1.13. The Morgan fingerprint density at radius 1 is 1.15 bits per heavy atom. The monoisotopic (exact) mass is 187 g/mol. The van der Waals surface area contributed by atoms with E-state index in [0.717, 1.165) is 7.05 Å². The van der Waals surface area contributed by atoms with Crippen LogP contribution in [0, 0.1) is 0 Å². The standard InChI is InChI=1S/C9H8F3N/c1-13-8(9(10,11)12)7-5-3-2-4-6-7/h2-6H,1H3. The van der Waals surface area contributed by atoms with Crippen LogP contribution in [-0.4, -0.2) is 18.9 Å². The molecule has 0 atom stereocenters. The van der Waals surface area contributed by atoms with Crippen molar-refractivity contribution in [2.24, 2.45) is 4.99 Å². The van der Waals surface area contributed by atoms with Gasteiger partial charge in [-0.15, -0.1) is 0 Å². The van der Waals surface area contributed by atoms with Crippen LogP contribution >= 0.6 is 0 Å². The Balaban J connectivity index is 3.08. The first kappa shape index (κ1) is 9.77. The molecule has 0 N–H and O–H groups in total. The first-order chi connectivity index (χ1) is 6.05. The summed E-state index contributed by atoms with van der Waals surface area (Å²) in [5.74, 6) is 0. The highest BCUT2D eigenvalue weighted by molar-refractivity contribution is 6.04. The zero-order valence-electron chi connectivity index (χ0n) is 6.97. The summed E-state index contributed by atoms with van der Waals surface area (Å²) >= 11 is 0. The average molecular weight is 187 g/mol. The van der Waals surface area contributed by atoms with Crippen molar-refractivity contribution in [3.8, 4) is 0 Å². The molecular weight excluding hydrogens is 179 g/mol. The molecule has 0 unspecified atom stereocenters. The second kappa shape index (κ2) is 3.60. The van der Waals surface area contributed by atoms with E-state index in [9.17, 15) is 13.2 Å². The highest BCUT2D eigenvalue weighted by Crippen LogP contribution is 2.21. The fraction of sp³-hybridized carbons (Fsp3) is 0.222. The van der Waals surface area contributed by atoms with Gasteiger partial charge < -0.3 is 0 Å². The Morgan fingerprint density at radius 3 is 2.08 bits per heavy atom. The van der Waals surface area contributed by atoms with Crippen molar-refractivity contribution in [1.29, 1.82) is 0 Å². The lowest BCUT2D eigenvalue weighted by Crippen LogP contribution is -2.23. The van der Waals surface area contributed by atoms with E-state index in [1.807, 2.05) is 0 Å². The number of halogens is 3. The van der Waals surface area contributed by atoms with Gasteiger partial charge in [0.05, 0.1) is 0 Å². The van der Waals surface area contributed by atoms with Crippen molar-refractivity contribution >= 4 is 5.71 Å². The number of rotatable bonds is 1. The molecule has 4 heteroatoms. The molecule has 0 saturated carbocycles. The van der Waals surface area contributed by atoms with E-state index in [4.69, 9.17) is 0 Å². The largest absolute Gasteiger partial charge is 0.433 e. The van der Waals surface area contributed by atoms with Gasteiger partial charge in [0.2, 0.25) is 0 Å². The van der Waals surface area contributed by atoms with E-state index in [0.29, 0.717) is 0 Å². The van der Waals surface area contributed by atoms with Crippen LogP contribution in [0.25, 0.3) is 0 Å². The van der Waals surface area contributed by atoms with Crippen LogP contribution in [0.5, 0.6) is 0 Å². The third-order valence-corrected chi connectivity index (χ3v) is 1.54. The van der Waals surface area contributed by atoms with Gasteiger partial charge in [-0.1, -0.05) is 30.3 Å². The summed E-state index contributed by atoms with van der Waals surface area (Å²) in [5.41, 5.74) is -0.745. The van der Waals surface area contributed by atoms with Gasteiger partial charge in [0.15, 0.2) is 0 Å². The highest BCUT2D eigenvalue weighted by Gasteiger charge is 2.35. The first-order valence-electron chi connectivity index (χ1n) is 3.65. The molecule has 1 rings (SSSR count). The Morgan fingerprint density at radius 2 is 1.69 bits per heavy atom. The number of nitrogens with zero attached hydrogens (tertiary/aromatic N) is 1. The van der Waals surface area contributed by atoms with Crippen LogP contribution in [0.3, 0.4) is 0 Å². The van der Waals surface area contributed by atoms with Gasteiger partial charge in [-0.25, -0.2) is 0 Å². The maximum Gasteiger partial charge on any atom is 0.433 e. The minimum Gasteiger partial charge on any atom is -0.283 e. The van der Waals surface area contributed by atoms with Crippen LogP contribution < -0.4 is 0 Å². The molecule has 70 valence electrons. The molecule has 0 radical (unpaired) electrons. The van der Waals surface area contributed by atoms with Gasteiger partial charge in [0.25, 0.3) is 0 Å². The van der Waals surface area contributed by atoms with Crippen molar-refractivity contribution in [3.05, 3.63) is 35.9 Å². The second-order valence-electron chi connectivity index (χ2n) is 2.44. The molecule has 1 nitrogen and oxygen atoms in total. The third-order valence-electron chi connectivity index (χ3n) is 1.54. The zero-order valence-corrected chi connectivity index (χ0v) is 6.97. The predicted molar refractivity (Wildman–Crippen MR) is 45.0 cm³/mol. The van der Waals surface area contributed by atoms with Crippen LogP contribution in [0.2, 0.25) is 0 Å². The smallest absolute Gasteiger partial charge is 0.283 e. The summed E-state index contributed by atoms with van der Waals surface area (Å²) in [5, 5.41) is 0. The molecule has 1 aromatic carbocycles. The SMILES string of the molecule is CN=C(c1ccccc1)C(F)(F)F. The van der Waals surface area contributed by atoms with Gasteiger partial charge in [-0.05, 0) is 0 Å². The van der Waals surface area contributed by atoms with E-state index >= 15 is 0 Å². The lowest BCUT2D eigenvalue weighted by molar-refractivity contribution is -0.0581. The van der Waals surface area contributed by atoms with Gasteiger partial charge >= 0.3 is 6.18 Å². The number of hydrogen-bond acceptors (Lipinski definition) is 1. The van der Waals surface area contributed by atoms with Gasteiger partial charge in [0.1, 0.15) is 5.71 Å². The Bertz CT molecular complexity index is 300. The zero-order chi connectivity index (χ0) is 9.90. The molecule has 0 aliphatic rings. The molecular formula is C9H8F3N. The number of benzene rings is 1. The summed E-state index contributed by atoms with van der Waals surface area (Å²) in [6.07, 6.45) is -4.38. The molecule has 1 aromatic rings. The normalized spacial score (nSPS) is 13.1. The number of hydrogen-bond donors (Lipinski definition) is 0. The fourth-order valence-electron chi connectivity index (χ4n) is 1.02. The van der Waals surface area contributed by atoms with E-state index in [1.54, 1.807) is 18.2 Å². The van der Waals surface area contributed by atoms with Crippen LogP contribution in [-0.2, 0) is 0 Å². The molecule has 0 saturated heterocycles. The Labute approximate surface area is 73.9 Å². The lowest BCUT2D eigenvalue weighted by Gasteiger charge is -2.09. The molecule has 0 amide bonds. The lowest BCUT2D eigenvalue weighted by atomic mass is 10.1. The summed E-state index contributed by atoms with van der Waals surface area (Å²) in [6, 6.07) is 7.53. The van der Waals surface area contributed by atoms with Crippen LogP contribution in [0.1, 0.15) is 5.56 Å². The average Bonchev–Trinajstić information content (AvgIpc) is 2.05. The number of alkyl halides is 3. The van der Waals surface area contributed by atoms with Crippen LogP contribution in [0.4, 0.5) is 13.2 Å². The number of aliphatic imine (C=N–C) groups is 1. The highest BCUT2D eigenvalue weighted by atomic mass is 19.4. The molecule has 0 bridgehead atoms. The molecule has 0 heterocycles. The third kappa shape index (κ3) is 2.31. The molecule has 13 heavy (non-hydrogen) atoms. The second-order valence-corrected chi connectivity index (χ2v) is 2.44. The molecule has 0 aromatic heterocycles. The van der Waals surface area contributed by atoms with Crippen molar-refractivity contribution in [3.63, 3.8) is 0 Å². The Kier molecular flexibility index (Phi) is 2.70. The van der Waals surface area contributed by atoms with Gasteiger partial charge in [-0.3, -0.25) is 4.99 Å². The van der Waals surface area contributed by atoms with E-state index in [1.165, 1.54) is 12.1 Å². The quantitative estimate of drug-likeness (QED) is 0.599. The molecule has 0 fully saturated rings. The summed E-state index contributed by atoms with van der Waals surface area (Å²) < 4.78 is 36.8. The molecule has 0 aliphatic carbocycles. The minimum atomic E-state index is -4.38. The van der Waals surface area contributed by atoms with Crippen molar-refractivity contribution < 1.29 is 13.2 Å². The van der Waals surface area contributed by atoms with Gasteiger partial charge in [-0.2, -0.15) is 13.2 Å². The van der Waals surface area contributed by atoms with Crippen molar-refractivity contribution in [1.82, 2.24) is 0 Å². The summed E-state index contributed by atoms with van der Waals surface area (Å²) in [6.45, 7) is 0. The summed E-state index contributed by atoms with van der Waals surface area (Å²) in [4.78, 5) is 3.22. The maximum absolute atomic E-state index is 12.3. The van der Waals surface area contributed by atoms with Crippen molar-refractivity contribution in [2.45, 2.75) is 6.18 Å². The van der Waals surface area contributed by atoms with E-state index in [2.05, 4.69) is 4.99 Å². The molecule has 0 spiro atoms. The topological polar surface area (TPSA) is 12.4 Å². The van der Waals surface area contributed by atoms with E-state index in [-0.39, 0.29) is 5.56 Å². The van der Waals surface area contributed by atoms with Gasteiger partial charge in [0, 0.05) is 12.6 Å². The first-order valence-corrected chi connectivity index (χ1v) is 3.65. The molecule has 0 aliphatic heterocycles.